The number of anilines is 1. The van der Waals surface area contributed by atoms with Crippen LogP contribution in [0.2, 0.25) is 0 Å². The fourth-order valence-corrected chi connectivity index (χ4v) is 7.64. The molecule has 0 aliphatic carbocycles. The normalized spacial score (nSPS) is 16.1. The number of nitrogens with one attached hydrogen (secondary N) is 2. The number of hydrogen-bond acceptors (Lipinski definition) is 12. The number of aliphatic hydroxyl groups is 1. The largest absolute Gasteiger partial charge is 0.506 e. The van der Waals surface area contributed by atoms with E-state index in [2.05, 4.69) is 49.4 Å². The van der Waals surface area contributed by atoms with E-state index in [-0.39, 0.29) is 35.8 Å². The van der Waals surface area contributed by atoms with Crippen LogP contribution in [-0.4, -0.2) is 119 Å². The van der Waals surface area contributed by atoms with E-state index >= 15 is 0 Å². The summed E-state index contributed by atoms with van der Waals surface area (Å²) in [6.07, 6.45) is 3.82. The molecule has 1 amide bonds. The zero-order valence-corrected chi connectivity index (χ0v) is 33.0. The highest BCUT2D eigenvalue weighted by molar-refractivity contribution is 5.87. The molecule has 0 radical (unpaired) electrons. The summed E-state index contributed by atoms with van der Waals surface area (Å²) in [5, 5.41) is 24.6. The van der Waals surface area contributed by atoms with Crippen LogP contribution in [0.1, 0.15) is 42.1 Å². The molecular formula is C44H53N7O7. The Morgan fingerprint density at radius 2 is 1.84 bits per heavy atom. The summed E-state index contributed by atoms with van der Waals surface area (Å²) in [5.74, 6) is 1.87. The average Bonchev–Trinajstić information content (AvgIpc) is 3.24. The average molecular weight is 792 g/mol. The molecule has 2 aromatic heterocycles. The van der Waals surface area contributed by atoms with Gasteiger partial charge in [-0.2, -0.15) is 4.98 Å². The maximum atomic E-state index is 12.7. The van der Waals surface area contributed by atoms with Gasteiger partial charge in [0.05, 0.1) is 50.0 Å². The number of hydrogen-bond donors (Lipinski definition) is 4. The van der Waals surface area contributed by atoms with Gasteiger partial charge in [-0.3, -0.25) is 14.5 Å². The van der Waals surface area contributed by atoms with Crippen LogP contribution >= 0.6 is 0 Å². The second-order valence-electron chi connectivity index (χ2n) is 15.1. The van der Waals surface area contributed by atoms with Crippen molar-refractivity contribution in [3.05, 3.63) is 118 Å². The lowest BCUT2D eigenvalue weighted by atomic mass is 9.89. The molecule has 0 unspecified atom stereocenters. The topological polar surface area (TPSA) is 166 Å². The predicted octanol–water partition coefficient (Wildman–Crippen LogP) is 4.42. The van der Waals surface area contributed by atoms with Crippen LogP contribution in [0.15, 0.2) is 95.9 Å². The molecule has 7 rings (SSSR count). The summed E-state index contributed by atoms with van der Waals surface area (Å²) in [4.78, 5) is 42.6. The number of phenolic OH excluding ortho intramolecular Hbond substituents is 1. The monoisotopic (exact) mass is 791 g/mol. The number of carbonyl (C=O) groups excluding carboxylic acids is 1. The number of aromatic amines is 1. The molecule has 58 heavy (non-hydrogen) atoms. The first-order valence-electron chi connectivity index (χ1n) is 20.0. The number of likely N-dealkylation sites (tertiary alicyclic amines) is 1. The lowest BCUT2D eigenvalue weighted by Gasteiger charge is -2.47. The van der Waals surface area contributed by atoms with Crippen LogP contribution in [0.5, 0.6) is 17.4 Å². The molecule has 1 atom stereocenters. The molecular weight excluding hydrogens is 739 g/mol. The lowest BCUT2D eigenvalue weighted by molar-refractivity contribution is -0.131. The van der Waals surface area contributed by atoms with E-state index in [1.165, 1.54) is 23.3 Å². The van der Waals surface area contributed by atoms with Crippen molar-refractivity contribution in [1.82, 2.24) is 30.1 Å². The van der Waals surface area contributed by atoms with Crippen molar-refractivity contribution >= 4 is 22.8 Å². The third-order valence-corrected chi connectivity index (χ3v) is 10.9. The Kier molecular flexibility index (Phi) is 13.6. The Balaban J connectivity index is 0.779. The van der Waals surface area contributed by atoms with Gasteiger partial charge in [-0.05, 0) is 60.2 Å². The Bertz CT molecular complexity index is 2180. The number of para-hydroxylation sites is 1. The van der Waals surface area contributed by atoms with Crippen LogP contribution in [0.25, 0.3) is 10.9 Å². The maximum absolute atomic E-state index is 12.7. The van der Waals surface area contributed by atoms with Crippen molar-refractivity contribution < 1.29 is 29.2 Å². The van der Waals surface area contributed by atoms with Crippen LogP contribution in [0.3, 0.4) is 0 Å². The minimum atomic E-state index is -0.862. The Morgan fingerprint density at radius 1 is 1.02 bits per heavy atom. The van der Waals surface area contributed by atoms with E-state index in [1.807, 2.05) is 30.3 Å². The third kappa shape index (κ3) is 10.8. The first-order valence-corrected chi connectivity index (χ1v) is 20.0. The molecule has 306 valence electrons. The SMILES string of the molecule is CN(CCNC[C@H](O)c1ccc(O)c2[nH]c(=O)ccc12)C(=O)CCOCCc1cccc(CN2CCC3(CC2)CN(c2nccc(Oc4ccccc4)n2)CCO3)c1. The van der Waals surface area contributed by atoms with E-state index < -0.39 is 6.10 Å². The number of fused-ring (bicyclic) bond motifs is 1. The van der Waals surface area contributed by atoms with Crippen molar-refractivity contribution in [2.45, 2.75) is 43.9 Å². The van der Waals surface area contributed by atoms with Crippen LogP contribution in [0.4, 0.5) is 5.95 Å². The number of ether oxygens (including phenoxy) is 3. The molecule has 2 aliphatic heterocycles. The molecule has 14 nitrogen and oxygen atoms in total. The standard InChI is InChI=1S/C44H53N7O7/c1-49(23-20-45-29-38(53)35-10-12-37(52)42-36(35)11-13-39(54)47-42)41(55)16-26-56-25-15-32-6-5-7-33(28-32)30-50-21-17-44(18-22-50)31-51(24-27-57-44)43-46-19-14-40(48-43)58-34-8-3-2-4-9-34/h2-14,19,28,38,45,52-53H,15-18,20-27,29-31H2,1H3,(H,47,54)/t38-/m0/s1. The highest BCUT2D eigenvalue weighted by Crippen LogP contribution is 2.33. The molecule has 4 heterocycles. The maximum Gasteiger partial charge on any atom is 0.248 e. The van der Waals surface area contributed by atoms with Gasteiger partial charge in [-0.25, -0.2) is 4.98 Å². The van der Waals surface area contributed by atoms with Gasteiger partial charge in [0.15, 0.2) is 0 Å². The number of rotatable bonds is 17. The molecule has 2 saturated heterocycles. The molecule has 0 saturated carbocycles. The number of piperidine rings is 1. The van der Waals surface area contributed by atoms with E-state index in [1.54, 1.807) is 36.3 Å². The highest BCUT2D eigenvalue weighted by atomic mass is 16.5. The van der Waals surface area contributed by atoms with Crippen LogP contribution in [-0.2, 0) is 27.2 Å². The van der Waals surface area contributed by atoms with Crippen molar-refractivity contribution in [2.24, 2.45) is 0 Å². The molecule has 2 fully saturated rings. The molecule has 2 aliphatic rings. The fraction of sp³-hybridized carbons (Fsp3) is 0.409. The number of H-pyrrole nitrogens is 1. The van der Waals surface area contributed by atoms with E-state index in [0.29, 0.717) is 61.2 Å². The zero-order chi connectivity index (χ0) is 40.3. The minimum Gasteiger partial charge on any atom is -0.506 e. The van der Waals surface area contributed by atoms with Crippen molar-refractivity contribution in [3.63, 3.8) is 0 Å². The first-order chi connectivity index (χ1) is 28.2. The van der Waals surface area contributed by atoms with Crippen LogP contribution in [0, 0.1) is 0 Å². The smallest absolute Gasteiger partial charge is 0.248 e. The summed E-state index contributed by atoms with van der Waals surface area (Å²) in [7, 11) is 1.76. The number of pyridine rings is 1. The van der Waals surface area contributed by atoms with E-state index in [0.717, 1.165) is 57.7 Å². The van der Waals surface area contributed by atoms with E-state index in [4.69, 9.17) is 19.2 Å². The second kappa shape index (κ2) is 19.4. The lowest BCUT2D eigenvalue weighted by Crippen LogP contribution is -2.57. The third-order valence-electron chi connectivity index (χ3n) is 10.9. The van der Waals surface area contributed by atoms with Gasteiger partial charge in [0.2, 0.25) is 23.3 Å². The number of carbonyl (C=O) groups is 1. The Labute approximate surface area is 338 Å². The van der Waals surface area contributed by atoms with E-state index in [9.17, 15) is 19.8 Å². The minimum absolute atomic E-state index is 0.0107. The molecule has 4 N–H and O–H groups in total. The van der Waals surface area contributed by atoms with Gasteiger partial charge >= 0.3 is 0 Å². The number of nitrogens with zero attached hydrogens (tertiary/aromatic N) is 5. The quantitative estimate of drug-likeness (QED) is 0.0982. The number of phenols is 1. The Morgan fingerprint density at radius 3 is 2.69 bits per heavy atom. The Hall–Kier alpha value is -5.38. The fourth-order valence-electron chi connectivity index (χ4n) is 7.64. The second-order valence-corrected chi connectivity index (χ2v) is 15.1. The summed E-state index contributed by atoms with van der Waals surface area (Å²) in [5.41, 5.74) is 2.81. The van der Waals surface area contributed by atoms with Gasteiger partial charge in [0, 0.05) is 76.6 Å². The predicted molar refractivity (Wildman–Crippen MR) is 221 cm³/mol. The molecule has 3 aromatic carbocycles. The van der Waals surface area contributed by atoms with Crippen molar-refractivity contribution in [3.8, 4) is 17.4 Å². The first kappa shape index (κ1) is 40.8. The van der Waals surface area contributed by atoms with Crippen LogP contribution < -0.4 is 20.5 Å². The molecule has 1 spiro atoms. The number of likely N-dealkylation sites (N-methyl/N-ethyl adjacent to an activating group) is 1. The van der Waals surface area contributed by atoms with Gasteiger partial charge in [0.25, 0.3) is 0 Å². The summed E-state index contributed by atoms with van der Waals surface area (Å²) >= 11 is 0. The van der Waals surface area contributed by atoms with Gasteiger partial charge in [-0.15, -0.1) is 0 Å². The summed E-state index contributed by atoms with van der Waals surface area (Å²) < 4.78 is 18.3. The van der Waals surface area contributed by atoms with Crippen molar-refractivity contribution in [1.29, 1.82) is 0 Å². The molecule has 14 heteroatoms. The number of aromatic hydroxyl groups is 1. The number of benzene rings is 3. The van der Waals surface area contributed by atoms with Crippen molar-refractivity contribution in [2.75, 3.05) is 77.6 Å². The highest BCUT2D eigenvalue weighted by Gasteiger charge is 2.40. The number of morpholine rings is 1. The molecule has 5 aromatic rings. The van der Waals surface area contributed by atoms with Gasteiger partial charge in [-0.1, -0.05) is 48.5 Å². The summed E-state index contributed by atoms with van der Waals surface area (Å²) in [6.45, 7) is 6.99. The summed E-state index contributed by atoms with van der Waals surface area (Å²) in [6, 6.07) is 26.1. The van der Waals surface area contributed by atoms with Gasteiger partial charge in [0.1, 0.15) is 11.5 Å². The number of amides is 1. The number of aliphatic hydroxyl groups excluding tert-OH is 1. The number of aromatic nitrogens is 3. The molecule has 0 bridgehead atoms. The van der Waals surface area contributed by atoms with Gasteiger partial charge < -0.3 is 44.5 Å². The zero-order valence-electron chi connectivity index (χ0n) is 33.0.